The van der Waals surface area contributed by atoms with E-state index >= 15 is 0 Å². The van der Waals surface area contributed by atoms with Crippen LogP contribution in [0.2, 0.25) is 0 Å². The van der Waals surface area contributed by atoms with Gasteiger partial charge in [-0.15, -0.1) is 6.42 Å². The molecule has 0 aliphatic carbocycles. The highest BCUT2D eigenvalue weighted by molar-refractivity contribution is 5.78. The molecule has 1 fully saturated rings. The fraction of sp³-hybridized carbons (Fsp3) is 0.625. The van der Waals surface area contributed by atoms with Crippen molar-refractivity contribution in [2.75, 3.05) is 26.3 Å². The highest BCUT2D eigenvalue weighted by Crippen LogP contribution is 1.98. The topological polar surface area (TPSA) is 50.4 Å². The van der Waals surface area contributed by atoms with Gasteiger partial charge in [-0.1, -0.05) is 5.92 Å². The SMILES string of the molecule is C#CCNCC(=O)NC1COC1. The third kappa shape index (κ3) is 2.91. The summed E-state index contributed by atoms with van der Waals surface area (Å²) in [5.41, 5.74) is 0. The average Bonchev–Trinajstić information content (AvgIpc) is 1.98. The average molecular weight is 168 g/mol. The molecule has 1 rings (SSSR count). The third-order valence-electron chi connectivity index (χ3n) is 1.52. The molecule has 0 saturated carbocycles. The van der Waals surface area contributed by atoms with Crippen LogP contribution in [0.25, 0.3) is 0 Å². The fourth-order valence-electron chi connectivity index (χ4n) is 0.846. The first-order valence-electron chi connectivity index (χ1n) is 3.84. The van der Waals surface area contributed by atoms with Gasteiger partial charge >= 0.3 is 0 Å². The van der Waals surface area contributed by atoms with E-state index in [4.69, 9.17) is 11.2 Å². The summed E-state index contributed by atoms with van der Waals surface area (Å²) in [6, 6.07) is 0.199. The maximum atomic E-state index is 11.0. The number of rotatable bonds is 4. The van der Waals surface area contributed by atoms with E-state index in [1.165, 1.54) is 0 Å². The quantitative estimate of drug-likeness (QED) is 0.406. The molecule has 0 aromatic carbocycles. The molecule has 1 saturated heterocycles. The van der Waals surface area contributed by atoms with E-state index < -0.39 is 0 Å². The molecule has 1 amide bonds. The Labute approximate surface area is 71.7 Å². The Hall–Kier alpha value is -1.05. The van der Waals surface area contributed by atoms with Gasteiger partial charge in [0.15, 0.2) is 0 Å². The van der Waals surface area contributed by atoms with Gasteiger partial charge in [-0.3, -0.25) is 10.1 Å². The number of terminal acetylenes is 1. The second kappa shape index (κ2) is 4.75. The molecule has 0 aromatic heterocycles. The number of hydrogen-bond acceptors (Lipinski definition) is 3. The molecule has 2 N–H and O–H groups in total. The highest BCUT2D eigenvalue weighted by atomic mass is 16.5. The van der Waals surface area contributed by atoms with Crippen LogP contribution in [0.5, 0.6) is 0 Å². The van der Waals surface area contributed by atoms with Crippen molar-refractivity contribution in [2.45, 2.75) is 6.04 Å². The van der Waals surface area contributed by atoms with Crippen molar-refractivity contribution < 1.29 is 9.53 Å². The maximum absolute atomic E-state index is 11.0. The number of carbonyl (C=O) groups excluding carboxylic acids is 1. The molecule has 0 unspecified atom stereocenters. The Bertz CT molecular complexity index is 194. The van der Waals surface area contributed by atoms with Gasteiger partial charge in [-0.05, 0) is 0 Å². The first-order valence-corrected chi connectivity index (χ1v) is 3.84. The Kier molecular flexibility index (Phi) is 3.58. The second-order valence-electron chi connectivity index (χ2n) is 2.61. The van der Waals surface area contributed by atoms with Crippen LogP contribution in [0.15, 0.2) is 0 Å². The van der Waals surface area contributed by atoms with Gasteiger partial charge in [-0.2, -0.15) is 0 Å². The molecule has 4 heteroatoms. The molecular formula is C8H12N2O2. The summed E-state index contributed by atoms with van der Waals surface area (Å²) in [5.74, 6) is 2.36. The summed E-state index contributed by atoms with van der Waals surface area (Å²) < 4.78 is 4.89. The number of carbonyl (C=O) groups is 1. The number of nitrogens with one attached hydrogen (secondary N) is 2. The second-order valence-corrected chi connectivity index (χ2v) is 2.61. The number of ether oxygens (including phenoxy) is 1. The van der Waals surface area contributed by atoms with E-state index in [0.29, 0.717) is 19.8 Å². The maximum Gasteiger partial charge on any atom is 0.234 e. The lowest BCUT2D eigenvalue weighted by molar-refractivity contribution is -0.124. The molecule has 66 valence electrons. The minimum Gasteiger partial charge on any atom is -0.377 e. The molecule has 1 aliphatic heterocycles. The molecule has 12 heavy (non-hydrogen) atoms. The summed E-state index contributed by atoms with van der Waals surface area (Å²) >= 11 is 0. The molecule has 0 radical (unpaired) electrons. The number of amides is 1. The first kappa shape index (κ1) is 9.04. The van der Waals surface area contributed by atoms with Crippen LogP contribution in [0.4, 0.5) is 0 Å². The normalized spacial score (nSPS) is 16.2. The summed E-state index contributed by atoms with van der Waals surface area (Å²) in [6.45, 7) is 1.96. The molecule has 0 aromatic rings. The van der Waals surface area contributed by atoms with Crippen molar-refractivity contribution in [1.29, 1.82) is 0 Å². The highest BCUT2D eigenvalue weighted by Gasteiger charge is 2.19. The van der Waals surface area contributed by atoms with Crippen LogP contribution in [0, 0.1) is 12.3 Å². The molecule has 1 heterocycles. The molecule has 0 atom stereocenters. The summed E-state index contributed by atoms with van der Waals surface area (Å²) in [6.07, 6.45) is 4.99. The van der Waals surface area contributed by atoms with E-state index in [1.54, 1.807) is 0 Å². The van der Waals surface area contributed by atoms with Crippen LogP contribution in [0.1, 0.15) is 0 Å². The molecule has 0 spiro atoms. The van der Waals surface area contributed by atoms with E-state index in [9.17, 15) is 4.79 Å². The Morgan fingerprint density at radius 2 is 2.42 bits per heavy atom. The van der Waals surface area contributed by atoms with Crippen molar-refractivity contribution in [3.8, 4) is 12.3 Å². The van der Waals surface area contributed by atoms with Crippen molar-refractivity contribution >= 4 is 5.91 Å². The van der Waals surface area contributed by atoms with E-state index in [1.807, 2.05) is 0 Å². The zero-order chi connectivity index (χ0) is 8.81. The lowest BCUT2D eigenvalue weighted by Crippen LogP contribution is -2.50. The zero-order valence-electron chi connectivity index (χ0n) is 6.80. The van der Waals surface area contributed by atoms with Gasteiger partial charge in [0.05, 0.1) is 32.3 Å². The van der Waals surface area contributed by atoms with Crippen molar-refractivity contribution in [2.24, 2.45) is 0 Å². The van der Waals surface area contributed by atoms with Crippen LogP contribution in [-0.4, -0.2) is 38.3 Å². The minimum absolute atomic E-state index is 0.0291. The Morgan fingerprint density at radius 3 is 2.92 bits per heavy atom. The summed E-state index contributed by atoms with van der Waals surface area (Å²) in [5, 5.41) is 5.58. The molecule has 0 bridgehead atoms. The smallest absolute Gasteiger partial charge is 0.234 e. The van der Waals surface area contributed by atoms with Gasteiger partial charge in [0.25, 0.3) is 0 Å². The van der Waals surface area contributed by atoms with Gasteiger partial charge in [-0.25, -0.2) is 0 Å². The van der Waals surface area contributed by atoms with E-state index in [-0.39, 0.29) is 18.5 Å². The van der Waals surface area contributed by atoms with Crippen molar-refractivity contribution in [1.82, 2.24) is 10.6 Å². The molecule has 4 nitrogen and oxygen atoms in total. The minimum atomic E-state index is -0.0291. The van der Waals surface area contributed by atoms with Crippen LogP contribution >= 0.6 is 0 Å². The summed E-state index contributed by atoms with van der Waals surface area (Å²) in [7, 11) is 0. The fourth-order valence-corrected chi connectivity index (χ4v) is 0.846. The predicted molar refractivity (Wildman–Crippen MR) is 44.5 cm³/mol. The van der Waals surface area contributed by atoms with Gasteiger partial charge in [0.1, 0.15) is 0 Å². The Morgan fingerprint density at radius 1 is 1.67 bits per heavy atom. The molecule has 1 aliphatic rings. The monoisotopic (exact) mass is 168 g/mol. The van der Waals surface area contributed by atoms with E-state index in [0.717, 1.165) is 0 Å². The standard InChI is InChI=1S/C8H12N2O2/c1-2-3-9-4-8(11)10-7-5-12-6-7/h1,7,9H,3-6H2,(H,10,11). The zero-order valence-corrected chi connectivity index (χ0v) is 6.80. The third-order valence-corrected chi connectivity index (χ3v) is 1.52. The lowest BCUT2D eigenvalue weighted by atomic mass is 10.2. The molecular weight excluding hydrogens is 156 g/mol. The van der Waals surface area contributed by atoms with E-state index in [2.05, 4.69) is 16.6 Å². The van der Waals surface area contributed by atoms with Gasteiger partial charge < -0.3 is 10.1 Å². The predicted octanol–water partition coefficient (Wildman–Crippen LogP) is -1.28. The van der Waals surface area contributed by atoms with Crippen LogP contribution < -0.4 is 10.6 Å². The van der Waals surface area contributed by atoms with Gasteiger partial charge in [0, 0.05) is 0 Å². The van der Waals surface area contributed by atoms with Gasteiger partial charge in [0.2, 0.25) is 5.91 Å². The largest absolute Gasteiger partial charge is 0.377 e. The summed E-state index contributed by atoms with van der Waals surface area (Å²) in [4.78, 5) is 11.0. The van der Waals surface area contributed by atoms with Crippen LogP contribution in [-0.2, 0) is 9.53 Å². The van der Waals surface area contributed by atoms with Crippen molar-refractivity contribution in [3.63, 3.8) is 0 Å². The first-order chi connectivity index (χ1) is 5.83. The number of hydrogen-bond donors (Lipinski definition) is 2. The Balaban J connectivity index is 2.00. The lowest BCUT2D eigenvalue weighted by Gasteiger charge is -2.26. The van der Waals surface area contributed by atoms with Crippen molar-refractivity contribution in [3.05, 3.63) is 0 Å². The van der Waals surface area contributed by atoms with Crippen LogP contribution in [0.3, 0.4) is 0 Å².